The summed E-state index contributed by atoms with van der Waals surface area (Å²) >= 11 is 3.33. The largest absolute Gasteiger partial charge is 0.240 e. The number of benzene rings is 1. The summed E-state index contributed by atoms with van der Waals surface area (Å²) in [6, 6.07) is 5.50. The number of rotatable bonds is 6. The Bertz CT molecular complexity index is 514. The highest BCUT2D eigenvalue weighted by molar-refractivity contribution is 9.09. The van der Waals surface area contributed by atoms with Gasteiger partial charge in [-0.2, -0.15) is 0 Å². The van der Waals surface area contributed by atoms with E-state index in [1.807, 2.05) is 12.1 Å². The fraction of sp³-hybridized carbons (Fsp3) is 0.538. The number of alkyl halides is 1. The molecule has 0 radical (unpaired) electrons. The van der Waals surface area contributed by atoms with Crippen LogP contribution in [0.3, 0.4) is 0 Å². The normalized spacial score (nSPS) is 14.7. The summed E-state index contributed by atoms with van der Waals surface area (Å²) < 4.78 is 26.8. The Labute approximate surface area is 117 Å². The molecule has 100 valence electrons. The van der Waals surface area contributed by atoms with Gasteiger partial charge in [0.2, 0.25) is 10.0 Å². The monoisotopic (exact) mass is 331 g/mol. The van der Waals surface area contributed by atoms with Crippen LogP contribution in [0, 0.1) is 0 Å². The van der Waals surface area contributed by atoms with Gasteiger partial charge < -0.3 is 0 Å². The lowest BCUT2D eigenvalue weighted by Crippen LogP contribution is -2.25. The number of halogens is 1. The standard InChI is InChI=1S/C13H18BrNO2S/c14-8-1-2-9-15-18(16,17)13-7-6-11-4-3-5-12(11)10-13/h6-7,10,15H,1-5,8-9H2. The first kappa shape index (κ1) is 14.0. The third-order valence-electron chi connectivity index (χ3n) is 3.23. The van der Waals surface area contributed by atoms with Crippen molar-refractivity contribution < 1.29 is 8.42 Å². The molecule has 0 bridgehead atoms. The molecule has 0 aliphatic heterocycles. The summed E-state index contributed by atoms with van der Waals surface area (Å²) in [6.07, 6.45) is 5.05. The first-order valence-electron chi connectivity index (χ1n) is 6.31. The van der Waals surface area contributed by atoms with Gasteiger partial charge in [-0.15, -0.1) is 0 Å². The van der Waals surface area contributed by atoms with Gasteiger partial charge in [0.15, 0.2) is 0 Å². The molecule has 1 aliphatic carbocycles. The number of aryl methyl sites for hydroxylation is 2. The second-order valence-corrected chi connectivity index (χ2v) is 7.14. The van der Waals surface area contributed by atoms with E-state index in [1.165, 1.54) is 11.1 Å². The minimum Gasteiger partial charge on any atom is -0.211 e. The maximum absolute atomic E-state index is 12.1. The second kappa shape index (κ2) is 6.17. The molecule has 5 heteroatoms. The molecule has 0 amide bonds. The van der Waals surface area contributed by atoms with Gasteiger partial charge in [-0.1, -0.05) is 22.0 Å². The smallest absolute Gasteiger partial charge is 0.211 e. The summed E-state index contributed by atoms with van der Waals surface area (Å²) in [7, 11) is -3.33. The summed E-state index contributed by atoms with van der Waals surface area (Å²) in [6.45, 7) is 0.505. The van der Waals surface area contributed by atoms with Crippen molar-refractivity contribution in [1.82, 2.24) is 4.72 Å². The average molecular weight is 332 g/mol. The van der Waals surface area contributed by atoms with Crippen LogP contribution in [0.15, 0.2) is 23.1 Å². The van der Waals surface area contributed by atoms with Crippen molar-refractivity contribution in [3.63, 3.8) is 0 Å². The van der Waals surface area contributed by atoms with E-state index in [-0.39, 0.29) is 0 Å². The van der Waals surface area contributed by atoms with Crippen LogP contribution >= 0.6 is 15.9 Å². The Morgan fingerprint density at radius 1 is 1.17 bits per heavy atom. The van der Waals surface area contributed by atoms with Gasteiger partial charge in [0, 0.05) is 11.9 Å². The van der Waals surface area contributed by atoms with Crippen LogP contribution in [0.4, 0.5) is 0 Å². The molecular weight excluding hydrogens is 314 g/mol. The topological polar surface area (TPSA) is 46.2 Å². The van der Waals surface area contributed by atoms with E-state index >= 15 is 0 Å². The Morgan fingerprint density at radius 2 is 1.94 bits per heavy atom. The quantitative estimate of drug-likeness (QED) is 0.643. The van der Waals surface area contributed by atoms with E-state index < -0.39 is 10.0 Å². The van der Waals surface area contributed by atoms with Crippen LogP contribution in [-0.2, 0) is 22.9 Å². The van der Waals surface area contributed by atoms with Crippen molar-refractivity contribution in [3.05, 3.63) is 29.3 Å². The zero-order valence-electron chi connectivity index (χ0n) is 10.3. The molecule has 1 aromatic carbocycles. The molecule has 1 aliphatic rings. The maximum Gasteiger partial charge on any atom is 0.240 e. The zero-order chi connectivity index (χ0) is 13.0. The Kier molecular flexibility index (Phi) is 4.81. The number of unbranched alkanes of at least 4 members (excludes halogenated alkanes) is 1. The van der Waals surface area contributed by atoms with Crippen molar-refractivity contribution in [3.8, 4) is 0 Å². The molecule has 0 saturated carbocycles. The molecule has 1 aromatic rings. The van der Waals surface area contributed by atoms with E-state index in [1.54, 1.807) is 6.07 Å². The molecule has 18 heavy (non-hydrogen) atoms. The molecule has 0 unspecified atom stereocenters. The van der Waals surface area contributed by atoms with Crippen molar-refractivity contribution >= 4 is 26.0 Å². The van der Waals surface area contributed by atoms with Gasteiger partial charge >= 0.3 is 0 Å². The Morgan fingerprint density at radius 3 is 2.72 bits per heavy atom. The van der Waals surface area contributed by atoms with Crippen LogP contribution in [0.5, 0.6) is 0 Å². The number of hydrogen-bond acceptors (Lipinski definition) is 2. The Balaban J connectivity index is 2.05. The predicted molar refractivity (Wildman–Crippen MR) is 76.7 cm³/mol. The van der Waals surface area contributed by atoms with Gasteiger partial charge in [-0.25, -0.2) is 13.1 Å². The first-order valence-corrected chi connectivity index (χ1v) is 8.91. The van der Waals surface area contributed by atoms with Gasteiger partial charge in [-0.05, 0) is 55.4 Å². The molecular formula is C13H18BrNO2S. The number of nitrogens with one attached hydrogen (secondary N) is 1. The summed E-state index contributed by atoms with van der Waals surface area (Å²) in [4.78, 5) is 0.405. The minimum absolute atomic E-state index is 0.405. The van der Waals surface area contributed by atoms with Gasteiger partial charge in [0.25, 0.3) is 0 Å². The SMILES string of the molecule is O=S(=O)(NCCCCBr)c1ccc2c(c1)CCC2. The molecule has 0 spiro atoms. The van der Waals surface area contributed by atoms with Gasteiger partial charge in [0.05, 0.1) is 4.90 Å². The molecule has 0 heterocycles. The maximum atomic E-state index is 12.1. The van der Waals surface area contributed by atoms with E-state index in [0.29, 0.717) is 11.4 Å². The predicted octanol–water partition coefficient (Wildman–Crippen LogP) is 2.63. The number of sulfonamides is 1. The van der Waals surface area contributed by atoms with E-state index in [9.17, 15) is 8.42 Å². The fourth-order valence-corrected chi connectivity index (χ4v) is 3.75. The molecule has 2 rings (SSSR count). The second-order valence-electron chi connectivity index (χ2n) is 4.58. The molecule has 0 atom stereocenters. The average Bonchev–Trinajstić information content (AvgIpc) is 2.82. The van der Waals surface area contributed by atoms with Crippen LogP contribution < -0.4 is 4.72 Å². The summed E-state index contributed by atoms with van der Waals surface area (Å²) in [5.74, 6) is 0. The summed E-state index contributed by atoms with van der Waals surface area (Å²) in [5, 5.41) is 0.910. The zero-order valence-corrected chi connectivity index (χ0v) is 12.7. The highest BCUT2D eigenvalue weighted by Gasteiger charge is 2.17. The minimum atomic E-state index is -3.33. The van der Waals surface area contributed by atoms with Crippen molar-refractivity contribution in [2.75, 3.05) is 11.9 Å². The highest BCUT2D eigenvalue weighted by Crippen LogP contribution is 2.24. The van der Waals surface area contributed by atoms with Crippen molar-refractivity contribution in [1.29, 1.82) is 0 Å². The molecule has 0 fully saturated rings. The van der Waals surface area contributed by atoms with E-state index in [2.05, 4.69) is 20.7 Å². The van der Waals surface area contributed by atoms with Gasteiger partial charge in [0.1, 0.15) is 0 Å². The van der Waals surface area contributed by atoms with Crippen LogP contribution in [0.2, 0.25) is 0 Å². The number of hydrogen-bond donors (Lipinski definition) is 1. The third kappa shape index (κ3) is 3.33. The highest BCUT2D eigenvalue weighted by atomic mass is 79.9. The van der Waals surface area contributed by atoms with Crippen LogP contribution in [-0.4, -0.2) is 20.3 Å². The van der Waals surface area contributed by atoms with Crippen LogP contribution in [0.1, 0.15) is 30.4 Å². The van der Waals surface area contributed by atoms with Crippen molar-refractivity contribution in [2.45, 2.75) is 37.0 Å². The number of fused-ring (bicyclic) bond motifs is 1. The molecule has 1 N–H and O–H groups in total. The molecule has 0 saturated heterocycles. The fourth-order valence-electron chi connectivity index (χ4n) is 2.22. The Hall–Kier alpha value is -0.390. The molecule has 3 nitrogen and oxygen atoms in total. The lowest BCUT2D eigenvalue weighted by molar-refractivity contribution is 0.578. The lowest BCUT2D eigenvalue weighted by atomic mass is 10.1. The van der Waals surface area contributed by atoms with E-state index in [0.717, 1.165) is 37.4 Å². The first-order chi connectivity index (χ1) is 8.63. The molecule has 0 aromatic heterocycles. The van der Waals surface area contributed by atoms with E-state index in [4.69, 9.17) is 0 Å². The van der Waals surface area contributed by atoms with Gasteiger partial charge in [-0.3, -0.25) is 0 Å². The van der Waals surface area contributed by atoms with Crippen LogP contribution in [0.25, 0.3) is 0 Å². The lowest BCUT2D eigenvalue weighted by Gasteiger charge is -2.08. The summed E-state index contributed by atoms with van der Waals surface area (Å²) in [5.41, 5.74) is 2.49. The van der Waals surface area contributed by atoms with Crippen molar-refractivity contribution in [2.24, 2.45) is 0 Å². The third-order valence-corrected chi connectivity index (χ3v) is 5.25.